The van der Waals surface area contributed by atoms with Crippen LogP contribution in [0, 0.1) is 0 Å². The summed E-state index contributed by atoms with van der Waals surface area (Å²) >= 11 is 0. The van der Waals surface area contributed by atoms with E-state index in [2.05, 4.69) is 31.3 Å². The number of rotatable bonds is 40. The zero-order valence-corrected chi connectivity index (χ0v) is 40.5. The number of nitrogens with one attached hydrogen (secondary N) is 1. The fourth-order valence-electron chi connectivity index (χ4n) is 8.60. The molecule has 14 nitrogen and oxygen atoms in total. The molecule has 0 radical (unpaired) electrons. The molecule has 0 aromatic carbocycles. The third-order valence-corrected chi connectivity index (χ3v) is 12.9. The second kappa shape index (κ2) is 38.3. The quantitative estimate of drug-likeness (QED) is 0.0225. The Morgan fingerprint density at radius 2 is 0.985 bits per heavy atom. The zero-order valence-electron chi connectivity index (χ0n) is 40.5. The summed E-state index contributed by atoms with van der Waals surface area (Å²) in [5, 5.41) is 86.6. The van der Waals surface area contributed by atoms with Gasteiger partial charge in [0.1, 0.15) is 48.8 Å². The highest BCUT2D eigenvalue weighted by molar-refractivity contribution is 5.76. The Morgan fingerprint density at radius 1 is 0.538 bits per heavy atom. The molecule has 2 rings (SSSR count). The number of unbranched alkanes of at least 4 members (excludes halogenated alkanes) is 25. The molecule has 0 bridgehead atoms. The fraction of sp³-hybridized carbons (Fsp3) is 0.902. The summed E-state index contributed by atoms with van der Waals surface area (Å²) in [7, 11) is 0. The monoisotopic (exact) mass is 930 g/mol. The Labute approximate surface area is 392 Å². The minimum atomic E-state index is -1.79. The lowest BCUT2D eigenvalue weighted by Crippen LogP contribution is -2.65. The Bertz CT molecular complexity index is 1190. The van der Waals surface area contributed by atoms with Gasteiger partial charge in [-0.1, -0.05) is 186 Å². The standard InChI is InChI=1S/C51H95NO13/c1-3-5-7-9-11-13-15-16-17-18-19-20-21-22-23-24-25-26-28-30-32-34-40(55)39(52-43(56)35-33-31-29-27-14-12-10-8-6-4-2)38-62-50-48(61)46(59)49(42(37-54)64-50)65-51-47(60)45(58)44(57)41(36-53)63-51/h25-26,32,34,39-42,44-51,53-55,57-61H,3-24,27-31,33,35-38H2,1-2H3,(H,52,56)/b26-25+,34-32+. The topological polar surface area (TPSA) is 228 Å². The van der Waals surface area contributed by atoms with Crippen molar-refractivity contribution in [3.05, 3.63) is 24.3 Å². The molecule has 2 fully saturated rings. The lowest BCUT2D eigenvalue weighted by molar-refractivity contribution is -0.359. The number of carbonyl (C=O) groups is 1. The molecular weight excluding hydrogens is 835 g/mol. The van der Waals surface area contributed by atoms with E-state index in [0.717, 1.165) is 32.1 Å². The first kappa shape index (κ1) is 59.6. The van der Waals surface area contributed by atoms with Crippen molar-refractivity contribution >= 4 is 5.91 Å². The Kier molecular flexibility index (Phi) is 35.1. The number of aliphatic hydroxyl groups is 8. The normalized spacial score (nSPS) is 27.2. The Balaban J connectivity index is 1.82. The highest BCUT2D eigenvalue weighted by atomic mass is 16.7. The lowest BCUT2D eigenvalue weighted by Gasteiger charge is -2.46. The molecule has 65 heavy (non-hydrogen) atoms. The number of amides is 1. The number of hydrogen-bond acceptors (Lipinski definition) is 13. The number of hydrogen-bond donors (Lipinski definition) is 9. The maximum Gasteiger partial charge on any atom is 0.220 e. The van der Waals surface area contributed by atoms with Gasteiger partial charge < -0.3 is 65.1 Å². The molecule has 0 aliphatic carbocycles. The summed E-state index contributed by atoms with van der Waals surface area (Å²) in [5.74, 6) is -0.251. The number of carbonyl (C=O) groups excluding carboxylic acids is 1. The van der Waals surface area contributed by atoms with Gasteiger partial charge in [-0.25, -0.2) is 0 Å². The van der Waals surface area contributed by atoms with Gasteiger partial charge >= 0.3 is 0 Å². The summed E-state index contributed by atoms with van der Waals surface area (Å²) in [6, 6.07) is -0.925. The van der Waals surface area contributed by atoms with Crippen LogP contribution in [0.3, 0.4) is 0 Å². The summed E-state index contributed by atoms with van der Waals surface area (Å²) in [5.41, 5.74) is 0. The van der Waals surface area contributed by atoms with Crippen molar-refractivity contribution in [2.75, 3.05) is 19.8 Å². The highest BCUT2D eigenvalue weighted by Gasteiger charge is 2.51. The van der Waals surface area contributed by atoms with E-state index in [0.29, 0.717) is 12.8 Å². The molecule has 9 N–H and O–H groups in total. The van der Waals surface area contributed by atoms with E-state index in [9.17, 15) is 45.6 Å². The van der Waals surface area contributed by atoms with Crippen LogP contribution in [0.25, 0.3) is 0 Å². The van der Waals surface area contributed by atoms with E-state index in [1.807, 2.05) is 6.08 Å². The third-order valence-electron chi connectivity index (χ3n) is 12.9. The summed E-state index contributed by atoms with van der Waals surface area (Å²) in [4.78, 5) is 13.1. The summed E-state index contributed by atoms with van der Waals surface area (Å²) < 4.78 is 22.7. The maximum atomic E-state index is 13.1. The van der Waals surface area contributed by atoms with Gasteiger partial charge in [0, 0.05) is 6.42 Å². The molecule has 2 aliphatic rings. The average Bonchev–Trinajstić information content (AvgIpc) is 3.30. The van der Waals surface area contributed by atoms with Crippen molar-refractivity contribution < 1.29 is 64.6 Å². The van der Waals surface area contributed by atoms with Crippen LogP contribution in [0.5, 0.6) is 0 Å². The molecule has 12 unspecified atom stereocenters. The number of allylic oxidation sites excluding steroid dienone is 3. The van der Waals surface area contributed by atoms with Crippen LogP contribution in [0.15, 0.2) is 24.3 Å². The molecular formula is C51H95NO13. The van der Waals surface area contributed by atoms with Crippen molar-refractivity contribution in [1.29, 1.82) is 0 Å². The minimum absolute atomic E-state index is 0.251. The van der Waals surface area contributed by atoms with E-state index in [4.69, 9.17) is 18.9 Å². The van der Waals surface area contributed by atoms with Crippen LogP contribution in [-0.2, 0) is 23.7 Å². The Hall–Kier alpha value is -1.53. The SMILES string of the molecule is CCCCCCCCCCCCCCCCC/C=C/CC/C=C/C(O)C(COC1OC(CO)C(OC2OC(CO)C(O)C(O)C2O)C(O)C1O)NC(=O)CCCCCCCCCCCC. The van der Waals surface area contributed by atoms with Crippen LogP contribution in [0.1, 0.15) is 200 Å². The van der Waals surface area contributed by atoms with Gasteiger partial charge in [0.2, 0.25) is 5.91 Å². The number of ether oxygens (including phenoxy) is 4. The molecule has 382 valence electrons. The van der Waals surface area contributed by atoms with Gasteiger partial charge in [-0.05, 0) is 32.1 Å². The number of aliphatic hydroxyl groups excluding tert-OH is 8. The Morgan fingerprint density at radius 3 is 1.51 bits per heavy atom. The molecule has 0 aromatic heterocycles. The molecule has 12 atom stereocenters. The fourth-order valence-corrected chi connectivity index (χ4v) is 8.60. The lowest BCUT2D eigenvalue weighted by atomic mass is 9.97. The van der Waals surface area contributed by atoms with E-state index < -0.39 is 86.8 Å². The molecule has 0 aromatic rings. The van der Waals surface area contributed by atoms with Crippen molar-refractivity contribution in [3.8, 4) is 0 Å². The van der Waals surface area contributed by atoms with Crippen molar-refractivity contribution in [2.24, 2.45) is 0 Å². The molecule has 2 aliphatic heterocycles. The van der Waals surface area contributed by atoms with E-state index in [1.54, 1.807) is 6.08 Å². The van der Waals surface area contributed by atoms with Crippen LogP contribution in [0.4, 0.5) is 0 Å². The smallest absolute Gasteiger partial charge is 0.220 e. The largest absolute Gasteiger partial charge is 0.394 e. The van der Waals surface area contributed by atoms with Crippen molar-refractivity contribution in [3.63, 3.8) is 0 Å². The third kappa shape index (κ3) is 25.6. The molecule has 14 heteroatoms. The first-order valence-corrected chi connectivity index (χ1v) is 26.1. The van der Waals surface area contributed by atoms with E-state index >= 15 is 0 Å². The molecule has 1 amide bonds. The second-order valence-corrected chi connectivity index (χ2v) is 18.6. The van der Waals surface area contributed by atoms with Crippen LogP contribution in [-0.4, -0.2) is 140 Å². The van der Waals surface area contributed by atoms with Crippen LogP contribution in [0.2, 0.25) is 0 Å². The van der Waals surface area contributed by atoms with Gasteiger partial charge in [-0.3, -0.25) is 4.79 Å². The zero-order chi connectivity index (χ0) is 47.5. The minimum Gasteiger partial charge on any atom is -0.394 e. The molecule has 0 saturated carbocycles. The first-order valence-electron chi connectivity index (χ1n) is 26.1. The first-order chi connectivity index (χ1) is 31.6. The molecule has 0 spiro atoms. The molecule has 2 saturated heterocycles. The molecule has 2 heterocycles. The average molecular weight is 930 g/mol. The van der Waals surface area contributed by atoms with Crippen LogP contribution >= 0.6 is 0 Å². The summed E-state index contributed by atoms with van der Waals surface area (Å²) in [6.07, 6.45) is 25.2. The van der Waals surface area contributed by atoms with Gasteiger partial charge in [-0.2, -0.15) is 0 Å². The van der Waals surface area contributed by atoms with Crippen molar-refractivity contribution in [1.82, 2.24) is 5.32 Å². The predicted octanol–water partition coefficient (Wildman–Crippen LogP) is 6.94. The maximum absolute atomic E-state index is 13.1. The summed E-state index contributed by atoms with van der Waals surface area (Å²) in [6.45, 7) is 2.75. The van der Waals surface area contributed by atoms with Gasteiger partial charge in [0.25, 0.3) is 0 Å². The second-order valence-electron chi connectivity index (χ2n) is 18.6. The van der Waals surface area contributed by atoms with Gasteiger partial charge in [0.15, 0.2) is 12.6 Å². The van der Waals surface area contributed by atoms with Crippen LogP contribution < -0.4 is 5.32 Å². The van der Waals surface area contributed by atoms with Gasteiger partial charge in [-0.15, -0.1) is 0 Å². The predicted molar refractivity (Wildman–Crippen MR) is 254 cm³/mol. The van der Waals surface area contributed by atoms with E-state index in [1.165, 1.54) is 135 Å². The highest BCUT2D eigenvalue weighted by Crippen LogP contribution is 2.30. The van der Waals surface area contributed by atoms with Crippen molar-refractivity contribution in [2.45, 2.75) is 274 Å². The van der Waals surface area contributed by atoms with E-state index in [-0.39, 0.29) is 18.9 Å². The van der Waals surface area contributed by atoms with Gasteiger partial charge in [0.05, 0.1) is 32.0 Å².